The summed E-state index contributed by atoms with van der Waals surface area (Å²) in [5, 5.41) is 6.62. The van der Waals surface area contributed by atoms with Crippen LogP contribution in [0.3, 0.4) is 0 Å². The fourth-order valence-corrected chi connectivity index (χ4v) is 2.40. The molecule has 1 fully saturated rings. The van der Waals surface area contributed by atoms with Gasteiger partial charge in [-0.2, -0.15) is 0 Å². The van der Waals surface area contributed by atoms with E-state index in [4.69, 9.17) is 4.74 Å². The standard InChI is InChI=1S/C14H24N4O/c1-3-6-16-13-9-15-10-14(18-13)17-8-11-5-7-19-12(11)4-2/h9-12H,3-8H2,1-2H3,(H2,16,17,18). The van der Waals surface area contributed by atoms with Crippen molar-refractivity contribution in [1.29, 1.82) is 0 Å². The Bertz CT molecular complexity index is 385. The first-order valence-corrected chi connectivity index (χ1v) is 7.24. The minimum Gasteiger partial charge on any atom is -0.378 e. The molecular weight excluding hydrogens is 240 g/mol. The summed E-state index contributed by atoms with van der Waals surface area (Å²) in [6.45, 7) is 7.02. The highest BCUT2D eigenvalue weighted by Gasteiger charge is 2.26. The van der Waals surface area contributed by atoms with Crippen molar-refractivity contribution in [3.63, 3.8) is 0 Å². The van der Waals surface area contributed by atoms with Crippen LogP contribution >= 0.6 is 0 Å². The Kier molecular flexibility index (Phi) is 5.39. The molecule has 1 aliphatic rings. The Morgan fingerprint density at radius 3 is 2.79 bits per heavy atom. The average Bonchev–Trinajstić information content (AvgIpc) is 2.91. The van der Waals surface area contributed by atoms with E-state index in [2.05, 4.69) is 34.4 Å². The predicted octanol–water partition coefficient (Wildman–Crippen LogP) is 2.53. The van der Waals surface area contributed by atoms with Crippen LogP contribution in [0.4, 0.5) is 11.6 Å². The van der Waals surface area contributed by atoms with Crippen LogP contribution < -0.4 is 10.6 Å². The maximum atomic E-state index is 5.69. The Balaban J connectivity index is 1.85. The highest BCUT2D eigenvalue weighted by atomic mass is 16.5. The summed E-state index contributed by atoms with van der Waals surface area (Å²) >= 11 is 0. The van der Waals surface area contributed by atoms with Gasteiger partial charge in [0.25, 0.3) is 0 Å². The Morgan fingerprint density at radius 1 is 1.26 bits per heavy atom. The van der Waals surface area contributed by atoms with Gasteiger partial charge in [-0.25, -0.2) is 4.98 Å². The number of ether oxygens (including phenoxy) is 1. The lowest BCUT2D eigenvalue weighted by molar-refractivity contribution is 0.0900. The zero-order valence-electron chi connectivity index (χ0n) is 11.9. The molecule has 2 heterocycles. The third-order valence-electron chi connectivity index (χ3n) is 3.48. The molecule has 1 saturated heterocycles. The second kappa shape index (κ2) is 7.28. The molecule has 0 aromatic carbocycles. The number of hydrogen-bond acceptors (Lipinski definition) is 5. The molecular formula is C14H24N4O. The van der Waals surface area contributed by atoms with Crippen molar-refractivity contribution in [2.45, 2.75) is 39.2 Å². The van der Waals surface area contributed by atoms with Gasteiger partial charge in [0.1, 0.15) is 11.6 Å². The van der Waals surface area contributed by atoms with Gasteiger partial charge in [0.15, 0.2) is 0 Å². The van der Waals surface area contributed by atoms with E-state index in [0.29, 0.717) is 12.0 Å². The van der Waals surface area contributed by atoms with Gasteiger partial charge < -0.3 is 15.4 Å². The molecule has 1 aromatic heterocycles. The summed E-state index contributed by atoms with van der Waals surface area (Å²) in [5.74, 6) is 2.25. The van der Waals surface area contributed by atoms with Gasteiger partial charge in [-0.15, -0.1) is 0 Å². The van der Waals surface area contributed by atoms with Crippen LogP contribution in [0.1, 0.15) is 33.1 Å². The van der Waals surface area contributed by atoms with E-state index < -0.39 is 0 Å². The van der Waals surface area contributed by atoms with Gasteiger partial charge in [-0.05, 0) is 19.3 Å². The summed E-state index contributed by atoms with van der Waals surface area (Å²) in [7, 11) is 0. The van der Waals surface area contributed by atoms with Crippen molar-refractivity contribution in [2.75, 3.05) is 30.3 Å². The quantitative estimate of drug-likeness (QED) is 0.792. The van der Waals surface area contributed by atoms with Crippen LogP contribution in [0.25, 0.3) is 0 Å². The van der Waals surface area contributed by atoms with Crippen molar-refractivity contribution in [2.24, 2.45) is 5.92 Å². The number of rotatable bonds is 7. The van der Waals surface area contributed by atoms with E-state index >= 15 is 0 Å². The summed E-state index contributed by atoms with van der Waals surface area (Å²) in [6.07, 6.45) is 7.21. The molecule has 5 nitrogen and oxygen atoms in total. The van der Waals surface area contributed by atoms with E-state index in [0.717, 1.165) is 50.6 Å². The Labute approximate surface area is 115 Å². The molecule has 2 atom stereocenters. The highest BCUT2D eigenvalue weighted by molar-refractivity contribution is 5.41. The van der Waals surface area contributed by atoms with Crippen molar-refractivity contribution in [1.82, 2.24) is 9.97 Å². The van der Waals surface area contributed by atoms with Crippen LogP contribution in [0, 0.1) is 5.92 Å². The molecule has 0 aliphatic carbocycles. The lowest BCUT2D eigenvalue weighted by atomic mass is 10.00. The third-order valence-corrected chi connectivity index (χ3v) is 3.48. The average molecular weight is 264 g/mol. The second-order valence-corrected chi connectivity index (χ2v) is 4.96. The molecule has 0 amide bonds. The molecule has 19 heavy (non-hydrogen) atoms. The molecule has 0 radical (unpaired) electrons. The molecule has 2 unspecified atom stereocenters. The third kappa shape index (κ3) is 4.06. The van der Waals surface area contributed by atoms with Gasteiger partial charge in [0, 0.05) is 25.6 Å². The van der Waals surface area contributed by atoms with Crippen LogP contribution in [-0.4, -0.2) is 35.8 Å². The smallest absolute Gasteiger partial charge is 0.146 e. The summed E-state index contributed by atoms with van der Waals surface area (Å²) < 4.78 is 5.69. The first-order valence-electron chi connectivity index (χ1n) is 7.24. The first-order chi connectivity index (χ1) is 9.33. The topological polar surface area (TPSA) is 59.1 Å². The van der Waals surface area contributed by atoms with E-state index in [1.165, 1.54) is 0 Å². The van der Waals surface area contributed by atoms with Crippen LogP contribution in [-0.2, 0) is 4.74 Å². The van der Waals surface area contributed by atoms with Gasteiger partial charge in [-0.1, -0.05) is 13.8 Å². The summed E-state index contributed by atoms with van der Waals surface area (Å²) in [6, 6.07) is 0. The molecule has 0 saturated carbocycles. The monoisotopic (exact) mass is 264 g/mol. The number of anilines is 2. The van der Waals surface area contributed by atoms with Crippen molar-refractivity contribution >= 4 is 11.6 Å². The number of nitrogens with one attached hydrogen (secondary N) is 2. The molecule has 1 aromatic rings. The van der Waals surface area contributed by atoms with Gasteiger partial charge in [-0.3, -0.25) is 4.98 Å². The van der Waals surface area contributed by atoms with Gasteiger partial charge in [0.2, 0.25) is 0 Å². The van der Waals surface area contributed by atoms with E-state index in [1.54, 1.807) is 12.4 Å². The largest absolute Gasteiger partial charge is 0.378 e. The van der Waals surface area contributed by atoms with Crippen LogP contribution in [0.15, 0.2) is 12.4 Å². The number of nitrogens with zero attached hydrogens (tertiary/aromatic N) is 2. The second-order valence-electron chi connectivity index (χ2n) is 4.96. The number of aromatic nitrogens is 2. The van der Waals surface area contributed by atoms with Crippen LogP contribution in [0.5, 0.6) is 0 Å². The summed E-state index contributed by atoms with van der Waals surface area (Å²) in [5.41, 5.74) is 0. The molecule has 2 rings (SSSR count). The normalized spacial score (nSPS) is 22.4. The van der Waals surface area contributed by atoms with Crippen molar-refractivity contribution < 1.29 is 4.74 Å². The number of hydrogen-bond donors (Lipinski definition) is 2. The molecule has 1 aliphatic heterocycles. The minimum atomic E-state index is 0.391. The zero-order valence-corrected chi connectivity index (χ0v) is 11.9. The lowest BCUT2D eigenvalue weighted by Gasteiger charge is -2.17. The fraction of sp³-hybridized carbons (Fsp3) is 0.714. The van der Waals surface area contributed by atoms with E-state index in [9.17, 15) is 0 Å². The zero-order chi connectivity index (χ0) is 13.5. The first kappa shape index (κ1) is 14.1. The molecule has 2 N–H and O–H groups in total. The molecule has 0 spiro atoms. The Hall–Kier alpha value is -1.36. The van der Waals surface area contributed by atoms with E-state index in [1.807, 2.05) is 0 Å². The fourth-order valence-electron chi connectivity index (χ4n) is 2.40. The summed E-state index contributed by atoms with van der Waals surface area (Å²) in [4.78, 5) is 8.70. The SMILES string of the molecule is CCCNc1cncc(NCC2CCOC2CC)n1. The minimum absolute atomic E-state index is 0.391. The molecule has 106 valence electrons. The van der Waals surface area contributed by atoms with Crippen molar-refractivity contribution in [3.05, 3.63) is 12.4 Å². The predicted molar refractivity (Wildman–Crippen MR) is 77.4 cm³/mol. The van der Waals surface area contributed by atoms with Crippen LogP contribution in [0.2, 0.25) is 0 Å². The Morgan fingerprint density at radius 2 is 2.05 bits per heavy atom. The maximum Gasteiger partial charge on any atom is 0.146 e. The molecule has 0 bridgehead atoms. The van der Waals surface area contributed by atoms with Gasteiger partial charge in [0.05, 0.1) is 18.5 Å². The van der Waals surface area contributed by atoms with Crippen molar-refractivity contribution in [3.8, 4) is 0 Å². The maximum absolute atomic E-state index is 5.69. The van der Waals surface area contributed by atoms with Gasteiger partial charge >= 0.3 is 0 Å². The van der Waals surface area contributed by atoms with E-state index in [-0.39, 0.29) is 0 Å². The highest BCUT2D eigenvalue weighted by Crippen LogP contribution is 2.23. The lowest BCUT2D eigenvalue weighted by Crippen LogP contribution is -2.23. The molecule has 5 heteroatoms.